The summed E-state index contributed by atoms with van der Waals surface area (Å²) in [5, 5.41) is 1.21. The van der Waals surface area contributed by atoms with E-state index in [0.29, 0.717) is 26.2 Å². The van der Waals surface area contributed by atoms with E-state index in [1.54, 1.807) is 4.90 Å². The molecule has 6 heteroatoms. The van der Waals surface area contributed by atoms with Crippen LogP contribution in [-0.4, -0.2) is 47.5 Å². The molecule has 2 saturated heterocycles. The van der Waals surface area contributed by atoms with E-state index in [2.05, 4.69) is 17.1 Å². The van der Waals surface area contributed by atoms with Crippen LogP contribution in [0.5, 0.6) is 0 Å². The number of benzene rings is 1. The fourth-order valence-electron chi connectivity index (χ4n) is 5.14. The maximum atomic E-state index is 13.0. The van der Waals surface area contributed by atoms with Crippen LogP contribution in [0.15, 0.2) is 30.5 Å². The second-order valence-corrected chi connectivity index (χ2v) is 8.18. The van der Waals surface area contributed by atoms with E-state index in [1.807, 2.05) is 18.3 Å². The van der Waals surface area contributed by atoms with E-state index >= 15 is 0 Å². The van der Waals surface area contributed by atoms with Gasteiger partial charge in [-0.05, 0) is 50.2 Å². The van der Waals surface area contributed by atoms with Crippen molar-refractivity contribution in [1.82, 2.24) is 9.88 Å². The molecule has 3 N–H and O–H groups in total. The molecule has 1 unspecified atom stereocenters. The standard InChI is InChI=1S/C22H29N3O3/c23-21(27)20-22(10-13-28-14-11-22)9-4-12-25(20)19(26)8-3-5-16-15-24-18-7-2-1-6-17(16)18/h1-2,6-7,15,20,24H,3-5,8-14H2,(H2,23,27). The molecule has 0 radical (unpaired) electrons. The van der Waals surface area contributed by atoms with Crippen LogP contribution in [0.1, 0.15) is 44.1 Å². The lowest BCUT2D eigenvalue weighted by atomic mass is 9.67. The van der Waals surface area contributed by atoms with E-state index in [4.69, 9.17) is 10.5 Å². The predicted molar refractivity (Wildman–Crippen MR) is 108 cm³/mol. The Morgan fingerprint density at radius 2 is 2.00 bits per heavy atom. The molecule has 1 atom stereocenters. The fraction of sp³-hybridized carbons (Fsp3) is 0.545. The number of amides is 2. The van der Waals surface area contributed by atoms with Gasteiger partial charge in [-0.3, -0.25) is 9.59 Å². The van der Waals surface area contributed by atoms with Gasteiger partial charge in [-0.1, -0.05) is 18.2 Å². The minimum Gasteiger partial charge on any atom is -0.381 e. The number of primary amides is 1. The molecule has 2 aliphatic heterocycles. The van der Waals surface area contributed by atoms with Crippen molar-refractivity contribution in [1.29, 1.82) is 0 Å². The highest BCUT2D eigenvalue weighted by Gasteiger charge is 2.49. The Balaban J connectivity index is 1.42. The van der Waals surface area contributed by atoms with E-state index in [0.717, 1.165) is 44.0 Å². The molecule has 2 fully saturated rings. The number of fused-ring (bicyclic) bond motifs is 1. The van der Waals surface area contributed by atoms with Crippen LogP contribution in [-0.2, 0) is 20.7 Å². The molecule has 150 valence electrons. The average molecular weight is 383 g/mol. The van der Waals surface area contributed by atoms with Crippen LogP contribution in [0.25, 0.3) is 10.9 Å². The van der Waals surface area contributed by atoms with Crippen molar-refractivity contribution < 1.29 is 14.3 Å². The summed E-state index contributed by atoms with van der Waals surface area (Å²) in [5.41, 5.74) is 7.94. The smallest absolute Gasteiger partial charge is 0.240 e. The minimum atomic E-state index is -0.495. The highest BCUT2D eigenvalue weighted by molar-refractivity contribution is 5.88. The lowest BCUT2D eigenvalue weighted by molar-refractivity contribution is -0.153. The summed E-state index contributed by atoms with van der Waals surface area (Å²) in [6.07, 6.45) is 7.55. The first-order valence-corrected chi connectivity index (χ1v) is 10.3. The molecule has 4 rings (SSSR count). The van der Waals surface area contributed by atoms with Crippen molar-refractivity contribution in [2.75, 3.05) is 19.8 Å². The highest BCUT2D eigenvalue weighted by atomic mass is 16.5. The maximum Gasteiger partial charge on any atom is 0.240 e. The molecule has 2 aromatic rings. The topological polar surface area (TPSA) is 88.4 Å². The summed E-state index contributed by atoms with van der Waals surface area (Å²) < 4.78 is 5.50. The lowest BCUT2D eigenvalue weighted by Gasteiger charge is -2.50. The van der Waals surface area contributed by atoms with Gasteiger partial charge in [0.15, 0.2) is 0 Å². The number of piperidine rings is 1. The molecular formula is C22H29N3O3. The number of ether oxygens (including phenoxy) is 1. The molecule has 0 saturated carbocycles. The lowest BCUT2D eigenvalue weighted by Crippen LogP contribution is -2.61. The maximum absolute atomic E-state index is 13.0. The number of rotatable bonds is 5. The van der Waals surface area contributed by atoms with E-state index in [-0.39, 0.29) is 17.2 Å². The van der Waals surface area contributed by atoms with Crippen molar-refractivity contribution in [2.45, 2.75) is 51.0 Å². The summed E-state index contributed by atoms with van der Waals surface area (Å²) in [5.74, 6) is -0.319. The molecular weight excluding hydrogens is 354 g/mol. The zero-order chi connectivity index (χ0) is 19.6. The van der Waals surface area contributed by atoms with Gasteiger partial charge in [-0.15, -0.1) is 0 Å². The second kappa shape index (κ2) is 7.95. The number of aromatic nitrogens is 1. The van der Waals surface area contributed by atoms with Gasteiger partial charge in [0.2, 0.25) is 11.8 Å². The molecule has 0 aliphatic carbocycles. The molecule has 6 nitrogen and oxygen atoms in total. The predicted octanol–water partition coefficient (Wildman–Crippen LogP) is 2.76. The molecule has 1 aromatic carbocycles. The number of H-pyrrole nitrogens is 1. The van der Waals surface area contributed by atoms with Gasteiger partial charge in [-0.25, -0.2) is 0 Å². The van der Waals surface area contributed by atoms with Crippen molar-refractivity contribution in [3.8, 4) is 0 Å². The number of hydrogen-bond donors (Lipinski definition) is 2. The van der Waals surface area contributed by atoms with E-state index in [9.17, 15) is 9.59 Å². The number of nitrogens with two attached hydrogens (primary N) is 1. The van der Waals surface area contributed by atoms with E-state index < -0.39 is 6.04 Å². The number of para-hydroxylation sites is 1. The zero-order valence-electron chi connectivity index (χ0n) is 16.3. The number of nitrogens with one attached hydrogen (secondary N) is 1. The summed E-state index contributed by atoms with van der Waals surface area (Å²) >= 11 is 0. The average Bonchev–Trinajstić information content (AvgIpc) is 3.11. The SMILES string of the molecule is NC(=O)C1N(C(=O)CCCc2c[nH]c3ccccc23)CCCC12CCOCC2. The van der Waals surface area contributed by atoms with Crippen LogP contribution in [0, 0.1) is 5.41 Å². The minimum absolute atomic E-state index is 0.0502. The third kappa shape index (κ3) is 3.53. The zero-order valence-corrected chi connectivity index (χ0v) is 16.3. The Hall–Kier alpha value is -2.34. The van der Waals surface area contributed by atoms with Gasteiger partial charge < -0.3 is 20.4 Å². The highest BCUT2D eigenvalue weighted by Crippen LogP contribution is 2.44. The number of carbonyl (C=O) groups is 2. The monoisotopic (exact) mass is 383 g/mol. The van der Waals surface area contributed by atoms with Gasteiger partial charge in [0.1, 0.15) is 6.04 Å². The Kier molecular flexibility index (Phi) is 5.40. The van der Waals surface area contributed by atoms with Gasteiger partial charge in [0.05, 0.1) is 0 Å². The van der Waals surface area contributed by atoms with Crippen LogP contribution in [0.4, 0.5) is 0 Å². The van der Waals surface area contributed by atoms with Crippen LogP contribution in [0.3, 0.4) is 0 Å². The number of carbonyl (C=O) groups excluding carboxylic acids is 2. The third-order valence-corrected chi connectivity index (χ3v) is 6.56. The normalized spacial score (nSPS) is 21.9. The van der Waals surface area contributed by atoms with Crippen molar-refractivity contribution in [2.24, 2.45) is 11.1 Å². The van der Waals surface area contributed by atoms with Crippen LogP contribution >= 0.6 is 0 Å². The third-order valence-electron chi connectivity index (χ3n) is 6.56. The second-order valence-electron chi connectivity index (χ2n) is 8.18. The van der Waals surface area contributed by atoms with E-state index in [1.165, 1.54) is 10.9 Å². The van der Waals surface area contributed by atoms with Crippen LogP contribution in [0.2, 0.25) is 0 Å². The quantitative estimate of drug-likeness (QED) is 0.832. The Morgan fingerprint density at radius 3 is 2.79 bits per heavy atom. The molecule has 2 amide bonds. The Morgan fingerprint density at radius 1 is 1.21 bits per heavy atom. The van der Waals surface area contributed by atoms with Gasteiger partial charge in [0.25, 0.3) is 0 Å². The number of hydrogen-bond acceptors (Lipinski definition) is 3. The van der Waals surface area contributed by atoms with Crippen molar-refractivity contribution in [3.63, 3.8) is 0 Å². The van der Waals surface area contributed by atoms with Gasteiger partial charge in [0, 0.05) is 48.7 Å². The van der Waals surface area contributed by atoms with Gasteiger partial charge in [-0.2, -0.15) is 0 Å². The molecule has 1 aromatic heterocycles. The largest absolute Gasteiger partial charge is 0.381 e. The number of aromatic amines is 1. The first-order chi connectivity index (χ1) is 13.6. The Labute approximate surface area is 165 Å². The number of nitrogens with zero attached hydrogens (tertiary/aromatic N) is 1. The van der Waals surface area contributed by atoms with Crippen molar-refractivity contribution in [3.05, 3.63) is 36.0 Å². The summed E-state index contributed by atoms with van der Waals surface area (Å²) in [4.78, 5) is 30.4. The first kappa shape index (κ1) is 19.0. The summed E-state index contributed by atoms with van der Waals surface area (Å²) in [6.45, 7) is 1.92. The molecule has 3 heterocycles. The molecule has 0 bridgehead atoms. The fourth-order valence-corrected chi connectivity index (χ4v) is 5.14. The Bertz CT molecular complexity index is 848. The van der Waals surface area contributed by atoms with Crippen LogP contribution < -0.4 is 5.73 Å². The first-order valence-electron chi connectivity index (χ1n) is 10.3. The molecule has 2 aliphatic rings. The molecule has 28 heavy (non-hydrogen) atoms. The van der Waals surface area contributed by atoms with Gasteiger partial charge >= 0.3 is 0 Å². The number of likely N-dealkylation sites (tertiary alicyclic amines) is 1. The number of aryl methyl sites for hydroxylation is 1. The summed E-state index contributed by atoms with van der Waals surface area (Å²) in [7, 11) is 0. The molecule has 1 spiro atoms. The summed E-state index contributed by atoms with van der Waals surface area (Å²) in [6, 6.07) is 7.71. The van der Waals surface area contributed by atoms with Crippen molar-refractivity contribution >= 4 is 22.7 Å².